The van der Waals surface area contributed by atoms with E-state index in [-0.39, 0.29) is 0 Å². The van der Waals surface area contributed by atoms with Crippen molar-refractivity contribution in [2.45, 2.75) is 105 Å². The van der Waals surface area contributed by atoms with Gasteiger partial charge in [0.15, 0.2) is 0 Å². The van der Waals surface area contributed by atoms with Crippen LogP contribution in [0.25, 0.3) is 0 Å². The molecule has 110 valence electrons. The van der Waals surface area contributed by atoms with Crippen LogP contribution in [-0.4, -0.2) is 0 Å². The Kier molecular flexibility index (Phi) is 10.9. The SMILES string of the molecule is CCCCCCCCCC(C)(C)CC(C)CCC. The molecule has 0 aliphatic rings. The molecular formula is C18H38. The maximum atomic E-state index is 2.47. The van der Waals surface area contributed by atoms with Crippen molar-refractivity contribution in [2.75, 3.05) is 0 Å². The van der Waals surface area contributed by atoms with Gasteiger partial charge in [-0.2, -0.15) is 0 Å². The molecule has 0 rings (SSSR count). The van der Waals surface area contributed by atoms with Crippen molar-refractivity contribution >= 4 is 0 Å². The molecule has 0 saturated heterocycles. The molecule has 0 saturated carbocycles. The monoisotopic (exact) mass is 254 g/mol. The van der Waals surface area contributed by atoms with Crippen molar-refractivity contribution in [3.63, 3.8) is 0 Å². The van der Waals surface area contributed by atoms with Crippen LogP contribution in [0, 0.1) is 11.3 Å². The first-order valence-corrected chi connectivity index (χ1v) is 8.52. The second-order valence-corrected chi connectivity index (χ2v) is 7.13. The van der Waals surface area contributed by atoms with Gasteiger partial charge in [-0.05, 0) is 24.2 Å². The topological polar surface area (TPSA) is 0 Å². The van der Waals surface area contributed by atoms with Gasteiger partial charge < -0.3 is 0 Å². The second-order valence-electron chi connectivity index (χ2n) is 7.13. The highest BCUT2D eigenvalue weighted by Crippen LogP contribution is 2.33. The number of hydrogen-bond donors (Lipinski definition) is 0. The minimum atomic E-state index is 0.567. The fourth-order valence-electron chi connectivity index (χ4n) is 3.20. The quantitative estimate of drug-likeness (QED) is 0.329. The smallest absolute Gasteiger partial charge is 0.0352 e. The van der Waals surface area contributed by atoms with Crippen molar-refractivity contribution in [1.29, 1.82) is 0 Å². The normalized spacial score (nSPS) is 13.8. The molecule has 0 N–H and O–H groups in total. The molecule has 0 spiro atoms. The molecule has 0 aromatic heterocycles. The number of unbranched alkanes of at least 4 members (excludes halogenated alkanes) is 6. The fraction of sp³-hybridized carbons (Fsp3) is 1.00. The summed E-state index contributed by atoms with van der Waals surface area (Å²) in [5.74, 6) is 0.912. The van der Waals surface area contributed by atoms with Crippen LogP contribution in [0.15, 0.2) is 0 Å². The molecule has 0 heterocycles. The lowest BCUT2D eigenvalue weighted by Gasteiger charge is -2.28. The summed E-state index contributed by atoms with van der Waals surface area (Å²) in [6.45, 7) is 12.0. The fourth-order valence-corrected chi connectivity index (χ4v) is 3.20. The Balaban J connectivity index is 3.51. The molecule has 0 aromatic rings. The van der Waals surface area contributed by atoms with Crippen LogP contribution in [0.4, 0.5) is 0 Å². The van der Waals surface area contributed by atoms with Gasteiger partial charge in [0.05, 0.1) is 0 Å². The Labute approximate surface area is 117 Å². The van der Waals surface area contributed by atoms with Crippen LogP contribution in [0.3, 0.4) is 0 Å². The van der Waals surface area contributed by atoms with E-state index >= 15 is 0 Å². The van der Waals surface area contributed by atoms with E-state index in [1.165, 1.54) is 70.6 Å². The van der Waals surface area contributed by atoms with E-state index in [9.17, 15) is 0 Å². The minimum absolute atomic E-state index is 0.567. The van der Waals surface area contributed by atoms with E-state index in [4.69, 9.17) is 0 Å². The van der Waals surface area contributed by atoms with Gasteiger partial charge in [-0.1, -0.05) is 92.4 Å². The summed E-state index contributed by atoms with van der Waals surface area (Å²) in [5.41, 5.74) is 0.567. The standard InChI is InChI=1S/C18H38/c1-6-8-9-10-11-12-13-15-18(4,5)16-17(3)14-7-2/h17H,6-16H2,1-5H3. The third kappa shape index (κ3) is 11.1. The van der Waals surface area contributed by atoms with E-state index in [0.29, 0.717) is 5.41 Å². The first-order valence-electron chi connectivity index (χ1n) is 8.52. The molecular weight excluding hydrogens is 216 g/mol. The second kappa shape index (κ2) is 10.9. The maximum Gasteiger partial charge on any atom is -0.0352 e. The van der Waals surface area contributed by atoms with Crippen molar-refractivity contribution in [1.82, 2.24) is 0 Å². The lowest BCUT2D eigenvalue weighted by Crippen LogP contribution is -2.15. The van der Waals surface area contributed by atoms with Gasteiger partial charge in [-0.25, -0.2) is 0 Å². The van der Waals surface area contributed by atoms with Gasteiger partial charge in [0, 0.05) is 0 Å². The van der Waals surface area contributed by atoms with E-state index in [2.05, 4.69) is 34.6 Å². The Hall–Kier alpha value is 0. The average Bonchev–Trinajstić information content (AvgIpc) is 2.27. The Morgan fingerprint density at radius 1 is 0.778 bits per heavy atom. The lowest BCUT2D eigenvalue weighted by molar-refractivity contribution is 0.240. The van der Waals surface area contributed by atoms with Gasteiger partial charge in [0.25, 0.3) is 0 Å². The summed E-state index contributed by atoms with van der Waals surface area (Å²) < 4.78 is 0. The van der Waals surface area contributed by atoms with Crippen LogP contribution < -0.4 is 0 Å². The van der Waals surface area contributed by atoms with Gasteiger partial charge >= 0.3 is 0 Å². The van der Waals surface area contributed by atoms with Crippen LogP contribution >= 0.6 is 0 Å². The van der Waals surface area contributed by atoms with Crippen molar-refractivity contribution in [3.05, 3.63) is 0 Å². The molecule has 0 bridgehead atoms. The molecule has 0 nitrogen and oxygen atoms in total. The zero-order valence-corrected chi connectivity index (χ0v) is 13.9. The van der Waals surface area contributed by atoms with Crippen molar-refractivity contribution < 1.29 is 0 Å². The van der Waals surface area contributed by atoms with E-state index in [0.717, 1.165) is 5.92 Å². The molecule has 0 aliphatic heterocycles. The highest BCUT2D eigenvalue weighted by molar-refractivity contribution is 4.71. The predicted molar refractivity (Wildman–Crippen MR) is 85.1 cm³/mol. The lowest BCUT2D eigenvalue weighted by atomic mass is 9.78. The molecule has 0 heteroatoms. The van der Waals surface area contributed by atoms with Gasteiger partial charge in [-0.3, -0.25) is 0 Å². The van der Waals surface area contributed by atoms with Gasteiger partial charge in [0.1, 0.15) is 0 Å². The summed E-state index contributed by atoms with van der Waals surface area (Å²) in [5, 5.41) is 0. The molecule has 1 unspecified atom stereocenters. The highest BCUT2D eigenvalue weighted by atomic mass is 14.3. The zero-order chi connectivity index (χ0) is 13.9. The third-order valence-corrected chi connectivity index (χ3v) is 4.14. The van der Waals surface area contributed by atoms with Crippen molar-refractivity contribution in [3.8, 4) is 0 Å². The van der Waals surface area contributed by atoms with Gasteiger partial charge in [-0.15, -0.1) is 0 Å². The molecule has 0 aromatic carbocycles. The number of hydrogen-bond acceptors (Lipinski definition) is 0. The highest BCUT2D eigenvalue weighted by Gasteiger charge is 2.20. The number of rotatable bonds is 12. The molecule has 1 atom stereocenters. The van der Waals surface area contributed by atoms with Crippen molar-refractivity contribution in [2.24, 2.45) is 11.3 Å². The van der Waals surface area contributed by atoms with Crippen LogP contribution in [-0.2, 0) is 0 Å². The first-order chi connectivity index (χ1) is 8.52. The third-order valence-electron chi connectivity index (χ3n) is 4.14. The Morgan fingerprint density at radius 2 is 1.33 bits per heavy atom. The van der Waals surface area contributed by atoms with E-state index < -0.39 is 0 Å². The first kappa shape index (κ1) is 18.0. The summed E-state index contributed by atoms with van der Waals surface area (Å²) in [6, 6.07) is 0. The van der Waals surface area contributed by atoms with E-state index in [1.807, 2.05) is 0 Å². The van der Waals surface area contributed by atoms with Crippen LogP contribution in [0.1, 0.15) is 105 Å². The van der Waals surface area contributed by atoms with Gasteiger partial charge in [0.2, 0.25) is 0 Å². The minimum Gasteiger partial charge on any atom is -0.0654 e. The molecule has 0 radical (unpaired) electrons. The summed E-state index contributed by atoms with van der Waals surface area (Å²) >= 11 is 0. The molecule has 0 fully saturated rings. The van der Waals surface area contributed by atoms with Crippen LogP contribution in [0.5, 0.6) is 0 Å². The Bertz CT molecular complexity index is 169. The Morgan fingerprint density at radius 3 is 1.89 bits per heavy atom. The molecule has 18 heavy (non-hydrogen) atoms. The molecule has 0 aliphatic carbocycles. The summed E-state index contributed by atoms with van der Waals surface area (Å²) in [7, 11) is 0. The summed E-state index contributed by atoms with van der Waals surface area (Å²) in [6.07, 6.45) is 15.6. The average molecular weight is 255 g/mol. The van der Waals surface area contributed by atoms with E-state index in [1.54, 1.807) is 0 Å². The molecule has 0 amide bonds. The maximum absolute atomic E-state index is 2.47. The predicted octanol–water partition coefficient (Wildman–Crippen LogP) is 6.98. The van der Waals surface area contributed by atoms with Crippen LogP contribution in [0.2, 0.25) is 0 Å². The zero-order valence-electron chi connectivity index (χ0n) is 13.9. The largest absolute Gasteiger partial charge is 0.0654 e. The summed E-state index contributed by atoms with van der Waals surface area (Å²) in [4.78, 5) is 0.